The van der Waals surface area contributed by atoms with Gasteiger partial charge in [0, 0.05) is 114 Å². The molecular weight excluding hydrogens is 1350 g/mol. The second-order valence-electron chi connectivity index (χ2n) is 26.3. The molecule has 22 rings (SSSR count). The molecule has 0 N–H and O–H groups in total. The SMILES string of the molecule is c1ccc2c(c1)Sc1cc(-n3c4ccccc4c4ccccc43)ccc1N2c1ccnc(-c2cc(-c3nccc(N4c5ccccc5Sc5cc(-n6c7ccccc7c7ccccc76)ccc54)n3)cc(-c3nccc(N4c5ccccc5Sc5cc(-n6c7ccccc7c7ccccc76)ccc54)n3)c2)n1. The Kier molecular flexibility index (Phi) is 13.5. The molecule has 0 aliphatic carbocycles. The minimum absolute atomic E-state index is 0.506. The monoisotopic (exact) mass is 1400 g/mol. The Morgan fingerprint density at radius 2 is 0.448 bits per heavy atom. The van der Waals surface area contributed by atoms with Gasteiger partial charge in [-0.05, 0) is 164 Å². The Morgan fingerprint density at radius 1 is 0.210 bits per heavy atom. The van der Waals surface area contributed by atoms with E-state index in [1.54, 1.807) is 35.3 Å². The zero-order chi connectivity index (χ0) is 68.8. The van der Waals surface area contributed by atoms with Crippen LogP contribution < -0.4 is 14.7 Å². The smallest absolute Gasteiger partial charge is 0.161 e. The first kappa shape index (κ1) is 59.6. The van der Waals surface area contributed by atoms with Crippen molar-refractivity contribution >= 4 is 152 Å². The number of rotatable bonds is 9. The zero-order valence-corrected chi connectivity index (χ0v) is 58.2. The average Bonchev–Trinajstić information content (AvgIpc) is 1.73. The molecule has 0 spiro atoms. The van der Waals surface area contributed by atoms with E-state index in [4.69, 9.17) is 29.9 Å². The molecule has 0 bridgehead atoms. The molecule has 3 aliphatic heterocycles. The summed E-state index contributed by atoms with van der Waals surface area (Å²) in [7, 11) is 0. The van der Waals surface area contributed by atoms with Crippen LogP contribution in [-0.2, 0) is 0 Å². The van der Waals surface area contributed by atoms with Gasteiger partial charge >= 0.3 is 0 Å². The molecule has 0 atom stereocenters. The van der Waals surface area contributed by atoms with Gasteiger partial charge in [-0.2, -0.15) is 0 Å². The summed E-state index contributed by atoms with van der Waals surface area (Å²) < 4.78 is 7.13. The highest BCUT2D eigenvalue weighted by Crippen LogP contribution is 2.56. The van der Waals surface area contributed by atoms with Crippen LogP contribution in [0.1, 0.15) is 0 Å². The number of para-hydroxylation sites is 9. The van der Waals surface area contributed by atoms with E-state index >= 15 is 0 Å². The predicted octanol–water partition coefficient (Wildman–Crippen LogP) is 24.2. The zero-order valence-electron chi connectivity index (χ0n) is 55.8. The van der Waals surface area contributed by atoms with Crippen molar-refractivity contribution in [2.75, 3.05) is 14.7 Å². The maximum atomic E-state index is 5.58. The van der Waals surface area contributed by atoms with Crippen LogP contribution in [0.2, 0.25) is 0 Å². The lowest BCUT2D eigenvalue weighted by Crippen LogP contribution is -2.17. The van der Waals surface area contributed by atoms with Crippen LogP contribution in [0.25, 0.3) is 117 Å². The largest absolute Gasteiger partial charge is 0.309 e. The van der Waals surface area contributed by atoms with Gasteiger partial charge in [-0.1, -0.05) is 181 Å². The summed E-state index contributed by atoms with van der Waals surface area (Å²) in [4.78, 5) is 45.6. The molecule has 12 nitrogen and oxygen atoms in total. The van der Waals surface area contributed by atoms with Gasteiger partial charge in [0.25, 0.3) is 0 Å². The molecule has 9 heterocycles. The van der Waals surface area contributed by atoms with Crippen LogP contribution in [0.15, 0.2) is 357 Å². The second kappa shape index (κ2) is 23.8. The lowest BCUT2D eigenvalue weighted by molar-refractivity contribution is 1.07. The van der Waals surface area contributed by atoms with Crippen molar-refractivity contribution in [3.8, 4) is 51.2 Å². The van der Waals surface area contributed by atoms with E-state index in [0.29, 0.717) is 34.9 Å². The molecule has 0 amide bonds. The molecule has 6 aromatic heterocycles. The van der Waals surface area contributed by atoms with Crippen LogP contribution in [0, 0.1) is 0 Å². The average molecular weight is 1400 g/mol. The molecule has 15 heteroatoms. The molecule has 13 aromatic carbocycles. The fourth-order valence-electron chi connectivity index (χ4n) is 15.9. The van der Waals surface area contributed by atoms with Gasteiger partial charge in [-0.25, -0.2) is 29.9 Å². The highest BCUT2D eigenvalue weighted by atomic mass is 32.2. The van der Waals surface area contributed by atoms with Crippen molar-refractivity contribution in [3.05, 3.63) is 328 Å². The van der Waals surface area contributed by atoms with Gasteiger partial charge in [0.05, 0.1) is 67.2 Å². The number of benzene rings is 13. The molecule has 0 unspecified atom stereocenters. The molecule has 0 saturated heterocycles. The summed E-state index contributed by atoms with van der Waals surface area (Å²) in [6, 6.07) is 110. The number of hydrogen-bond acceptors (Lipinski definition) is 12. The topological polar surface area (TPSA) is 102 Å². The third-order valence-corrected chi connectivity index (χ3v) is 23.7. The van der Waals surface area contributed by atoms with Crippen LogP contribution in [0.4, 0.5) is 51.6 Å². The Balaban J connectivity index is 0.691. The van der Waals surface area contributed by atoms with Crippen molar-refractivity contribution in [3.63, 3.8) is 0 Å². The summed E-state index contributed by atoms with van der Waals surface area (Å²) >= 11 is 5.32. The number of fused-ring (bicyclic) bond motifs is 15. The van der Waals surface area contributed by atoms with E-state index in [0.717, 1.165) is 130 Å². The molecule has 492 valence electrons. The van der Waals surface area contributed by atoms with Gasteiger partial charge in [0.1, 0.15) is 17.5 Å². The van der Waals surface area contributed by atoms with Crippen molar-refractivity contribution < 1.29 is 0 Å². The number of anilines is 9. The fourth-order valence-corrected chi connectivity index (χ4v) is 19.1. The van der Waals surface area contributed by atoms with E-state index in [9.17, 15) is 0 Å². The van der Waals surface area contributed by atoms with Crippen molar-refractivity contribution in [1.29, 1.82) is 0 Å². The maximum absolute atomic E-state index is 5.58. The molecule has 3 aliphatic rings. The highest BCUT2D eigenvalue weighted by molar-refractivity contribution is 8.00. The molecular formula is C90H54N12S3. The van der Waals surface area contributed by atoms with Gasteiger partial charge in [0.2, 0.25) is 0 Å². The van der Waals surface area contributed by atoms with E-state index in [1.165, 1.54) is 32.3 Å². The summed E-state index contributed by atoms with van der Waals surface area (Å²) in [5, 5.41) is 7.32. The van der Waals surface area contributed by atoms with Crippen LogP contribution in [0.3, 0.4) is 0 Å². The Morgan fingerprint density at radius 3 is 0.724 bits per heavy atom. The molecule has 0 radical (unpaired) electrons. The molecule has 0 saturated carbocycles. The van der Waals surface area contributed by atoms with E-state index < -0.39 is 0 Å². The van der Waals surface area contributed by atoms with Gasteiger partial charge in [-0.15, -0.1) is 0 Å². The summed E-state index contributed by atoms with van der Waals surface area (Å²) in [5.41, 5.74) is 18.5. The van der Waals surface area contributed by atoms with E-state index in [2.05, 4.69) is 320 Å². The summed E-state index contributed by atoms with van der Waals surface area (Å²) in [5.74, 6) is 3.66. The normalized spacial score (nSPS) is 13.0. The third kappa shape index (κ3) is 9.52. The Labute approximate surface area is 614 Å². The Hall–Kier alpha value is -13.1. The fraction of sp³-hybridized carbons (Fsp3) is 0. The van der Waals surface area contributed by atoms with Gasteiger partial charge in [0.15, 0.2) is 17.5 Å². The molecule has 19 aromatic rings. The van der Waals surface area contributed by atoms with Gasteiger partial charge in [-0.3, -0.25) is 14.7 Å². The number of hydrogen-bond donors (Lipinski definition) is 0. The second-order valence-corrected chi connectivity index (χ2v) is 29.5. The van der Waals surface area contributed by atoms with Crippen molar-refractivity contribution in [1.82, 2.24) is 43.6 Å². The van der Waals surface area contributed by atoms with Crippen LogP contribution in [-0.4, -0.2) is 43.6 Å². The molecule has 105 heavy (non-hydrogen) atoms. The van der Waals surface area contributed by atoms with Crippen LogP contribution >= 0.6 is 35.3 Å². The highest BCUT2D eigenvalue weighted by Gasteiger charge is 2.32. The standard InChI is InChI=1S/C90H54N12S3/c1-7-25-67-61(19-1)62-20-2-8-26-68(62)97(67)58-37-40-76-82(52-58)103-79-34-16-13-31-73(79)100(76)85-43-46-91-88(94-85)55-49-56(89-92-47-44-86(95-89)101-74-32-14-17-35-80(74)104-83-53-59(38-41-77(83)101)98-69-27-9-3-21-63(69)64-22-4-10-28-70(64)98)51-57(50-55)90-93-48-45-87(96-90)102-75-33-15-18-36-81(75)105-84-54-60(39-42-78(84)102)99-71-29-11-5-23-65(71)66-24-6-12-30-72(66)99/h1-54H. The number of nitrogens with zero attached hydrogens (tertiary/aromatic N) is 12. The van der Waals surface area contributed by atoms with Crippen LogP contribution in [0.5, 0.6) is 0 Å². The lowest BCUT2D eigenvalue weighted by Gasteiger charge is -2.32. The van der Waals surface area contributed by atoms with Gasteiger partial charge < -0.3 is 13.7 Å². The van der Waals surface area contributed by atoms with Crippen molar-refractivity contribution in [2.24, 2.45) is 0 Å². The maximum Gasteiger partial charge on any atom is 0.161 e. The lowest BCUT2D eigenvalue weighted by atomic mass is 10.0. The first-order valence-corrected chi connectivity index (χ1v) is 37.2. The third-order valence-electron chi connectivity index (χ3n) is 20.4. The summed E-state index contributed by atoms with van der Waals surface area (Å²) in [6.45, 7) is 0. The first-order valence-electron chi connectivity index (χ1n) is 34.8. The minimum Gasteiger partial charge on any atom is -0.309 e. The quantitative estimate of drug-likeness (QED) is 0.137. The first-order chi connectivity index (χ1) is 52.0. The summed E-state index contributed by atoms with van der Waals surface area (Å²) in [6.07, 6.45) is 5.59. The number of aromatic nitrogens is 9. The predicted molar refractivity (Wildman–Crippen MR) is 429 cm³/mol. The Bertz CT molecular complexity index is 6040. The van der Waals surface area contributed by atoms with E-state index in [-0.39, 0.29) is 0 Å². The van der Waals surface area contributed by atoms with Crippen molar-refractivity contribution in [2.45, 2.75) is 29.4 Å². The minimum atomic E-state index is 0.506. The molecule has 0 fully saturated rings. The van der Waals surface area contributed by atoms with E-state index in [1.807, 2.05) is 36.8 Å².